The lowest BCUT2D eigenvalue weighted by molar-refractivity contribution is 0.0696. The number of hydrogen-bond donors (Lipinski definition) is 1. The van der Waals surface area contributed by atoms with Gasteiger partial charge in [0.1, 0.15) is 17.1 Å². The van der Waals surface area contributed by atoms with Crippen LogP contribution in [0.1, 0.15) is 27.3 Å². The molecule has 1 aromatic heterocycles. The Balaban J connectivity index is 2.42. The van der Waals surface area contributed by atoms with Crippen molar-refractivity contribution in [3.63, 3.8) is 0 Å². The lowest BCUT2D eigenvalue weighted by atomic mass is 10.1. The van der Waals surface area contributed by atoms with Gasteiger partial charge in [0.2, 0.25) is 0 Å². The first-order chi connectivity index (χ1) is 9.31. The van der Waals surface area contributed by atoms with Crippen molar-refractivity contribution >= 4 is 15.8 Å². The fourth-order valence-corrected chi connectivity index (χ4v) is 3.03. The highest BCUT2D eigenvalue weighted by Crippen LogP contribution is 2.20. The Kier molecular flexibility index (Phi) is 3.58. The number of carbonyl (C=O) groups is 1. The van der Waals surface area contributed by atoms with Gasteiger partial charge in [-0.25, -0.2) is 17.8 Å². The molecule has 0 aliphatic carbocycles. The lowest BCUT2D eigenvalue weighted by Gasteiger charge is -2.06. The zero-order chi connectivity index (χ0) is 14.9. The highest BCUT2D eigenvalue weighted by atomic mass is 32.2. The van der Waals surface area contributed by atoms with Crippen LogP contribution in [0.2, 0.25) is 0 Å². The largest absolute Gasteiger partial charge is 0.478 e. The second-order valence-corrected chi connectivity index (χ2v) is 6.33. The van der Waals surface area contributed by atoms with Gasteiger partial charge in [-0.3, -0.25) is 0 Å². The molecular weight excluding hydrogens is 284 g/mol. The summed E-state index contributed by atoms with van der Waals surface area (Å²) < 4.78 is 28.9. The summed E-state index contributed by atoms with van der Waals surface area (Å²) >= 11 is 0. The van der Waals surface area contributed by atoms with E-state index in [-0.39, 0.29) is 21.9 Å². The van der Waals surface area contributed by atoms with Crippen LogP contribution in [0.4, 0.5) is 0 Å². The average molecular weight is 296 g/mol. The standard InChI is InChI=1S/C12H12N2O5S/c1-7-3-4-9(5-10(7)12(15)16)20(17,18)6-11-8(2)13-19-14-11/h3-5H,6H2,1-2H3,(H,15,16). The van der Waals surface area contributed by atoms with Crippen LogP contribution in [0.25, 0.3) is 0 Å². The number of benzene rings is 1. The third kappa shape index (κ3) is 2.69. The maximum atomic E-state index is 12.2. The summed E-state index contributed by atoms with van der Waals surface area (Å²) in [6.07, 6.45) is 0. The molecule has 0 bridgehead atoms. The fraction of sp³-hybridized carbons (Fsp3) is 0.250. The molecule has 0 fully saturated rings. The molecule has 0 saturated carbocycles. The molecule has 0 amide bonds. The number of aryl methyl sites for hydroxylation is 2. The first-order valence-corrected chi connectivity index (χ1v) is 7.31. The van der Waals surface area contributed by atoms with Gasteiger partial charge in [-0.1, -0.05) is 16.4 Å². The molecule has 7 nitrogen and oxygen atoms in total. The van der Waals surface area contributed by atoms with Crippen molar-refractivity contribution in [1.82, 2.24) is 10.3 Å². The molecule has 1 aromatic carbocycles. The third-order valence-corrected chi connectivity index (χ3v) is 4.50. The van der Waals surface area contributed by atoms with Crippen molar-refractivity contribution in [2.75, 3.05) is 0 Å². The summed E-state index contributed by atoms with van der Waals surface area (Å²) in [5, 5.41) is 16.1. The first kappa shape index (κ1) is 14.2. The molecule has 0 spiro atoms. The number of carboxylic acid groups (broad SMARTS) is 1. The Morgan fingerprint density at radius 2 is 2.00 bits per heavy atom. The molecule has 0 atom stereocenters. The number of hydrogen-bond acceptors (Lipinski definition) is 6. The quantitative estimate of drug-likeness (QED) is 0.906. The van der Waals surface area contributed by atoms with Crippen LogP contribution in [0.3, 0.4) is 0 Å². The maximum Gasteiger partial charge on any atom is 0.335 e. The molecule has 0 saturated heterocycles. The van der Waals surface area contributed by atoms with Gasteiger partial charge in [0, 0.05) is 0 Å². The van der Waals surface area contributed by atoms with Crippen molar-refractivity contribution < 1.29 is 22.9 Å². The summed E-state index contributed by atoms with van der Waals surface area (Å²) in [7, 11) is -3.70. The minimum atomic E-state index is -3.70. The smallest absolute Gasteiger partial charge is 0.335 e. The van der Waals surface area contributed by atoms with Crippen molar-refractivity contribution in [2.24, 2.45) is 0 Å². The van der Waals surface area contributed by atoms with E-state index in [1.807, 2.05) is 0 Å². The van der Waals surface area contributed by atoms with Gasteiger partial charge >= 0.3 is 5.97 Å². The van der Waals surface area contributed by atoms with Gasteiger partial charge < -0.3 is 5.11 Å². The van der Waals surface area contributed by atoms with Crippen LogP contribution >= 0.6 is 0 Å². The fourth-order valence-electron chi connectivity index (χ4n) is 1.67. The number of aromatic carboxylic acids is 1. The molecule has 20 heavy (non-hydrogen) atoms. The maximum absolute atomic E-state index is 12.2. The molecule has 0 radical (unpaired) electrons. The van der Waals surface area contributed by atoms with E-state index in [0.29, 0.717) is 11.3 Å². The Labute approximate surface area is 115 Å². The van der Waals surface area contributed by atoms with E-state index in [1.165, 1.54) is 12.1 Å². The Morgan fingerprint density at radius 1 is 1.30 bits per heavy atom. The third-order valence-electron chi connectivity index (χ3n) is 2.87. The number of nitrogens with zero attached hydrogens (tertiary/aromatic N) is 2. The molecule has 2 aromatic rings. The zero-order valence-electron chi connectivity index (χ0n) is 10.8. The summed E-state index contributed by atoms with van der Waals surface area (Å²) in [6.45, 7) is 3.19. The van der Waals surface area contributed by atoms with Crippen LogP contribution in [0.15, 0.2) is 27.7 Å². The summed E-state index contributed by atoms with van der Waals surface area (Å²) in [5.41, 5.74) is 1.05. The SMILES string of the molecule is Cc1ccc(S(=O)(=O)Cc2nonc2C)cc1C(=O)O. The van der Waals surface area contributed by atoms with E-state index in [4.69, 9.17) is 5.11 Å². The van der Waals surface area contributed by atoms with Crippen LogP contribution in [-0.4, -0.2) is 29.8 Å². The van der Waals surface area contributed by atoms with Gasteiger partial charge in [-0.15, -0.1) is 0 Å². The summed E-state index contributed by atoms with van der Waals surface area (Å²) in [4.78, 5) is 11.0. The zero-order valence-corrected chi connectivity index (χ0v) is 11.6. The van der Waals surface area contributed by atoms with Crippen LogP contribution < -0.4 is 0 Å². The van der Waals surface area contributed by atoms with Gasteiger partial charge in [-0.2, -0.15) is 0 Å². The number of rotatable bonds is 4. The van der Waals surface area contributed by atoms with Gasteiger partial charge in [-0.05, 0) is 31.5 Å². The van der Waals surface area contributed by atoms with Crippen LogP contribution in [0, 0.1) is 13.8 Å². The highest BCUT2D eigenvalue weighted by molar-refractivity contribution is 7.90. The second-order valence-electron chi connectivity index (χ2n) is 4.34. The van der Waals surface area contributed by atoms with Crippen LogP contribution in [-0.2, 0) is 15.6 Å². The van der Waals surface area contributed by atoms with E-state index in [9.17, 15) is 13.2 Å². The van der Waals surface area contributed by atoms with E-state index in [2.05, 4.69) is 14.9 Å². The summed E-state index contributed by atoms with van der Waals surface area (Å²) in [5.74, 6) is -1.55. The first-order valence-electron chi connectivity index (χ1n) is 5.66. The minimum absolute atomic E-state index is 0.0407. The molecule has 1 heterocycles. The number of sulfone groups is 1. The minimum Gasteiger partial charge on any atom is -0.478 e. The Bertz CT molecular complexity index is 764. The molecule has 0 aliphatic rings. The van der Waals surface area contributed by atoms with Crippen molar-refractivity contribution in [3.05, 3.63) is 40.7 Å². The Morgan fingerprint density at radius 3 is 2.55 bits per heavy atom. The van der Waals surface area contributed by atoms with E-state index in [0.717, 1.165) is 6.07 Å². The molecular formula is C12H12N2O5S. The van der Waals surface area contributed by atoms with Crippen molar-refractivity contribution in [3.8, 4) is 0 Å². The average Bonchev–Trinajstić information content (AvgIpc) is 2.74. The van der Waals surface area contributed by atoms with Gasteiger partial charge in [0.25, 0.3) is 0 Å². The molecule has 2 rings (SSSR count). The predicted molar refractivity (Wildman–Crippen MR) is 68.1 cm³/mol. The number of carboxylic acids is 1. The molecule has 0 unspecified atom stereocenters. The monoisotopic (exact) mass is 296 g/mol. The van der Waals surface area contributed by atoms with Gasteiger partial charge in [0.15, 0.2) is 9.84 Å². The summed E-state index contributed by atoms with van der Waals surface area (Å²) in [6, 6.07) is 3.99. The molecule has 0 aliphatic heterocycles. The van der Waals surface area contributed by atoms with Crippen molar-refractivity contribution in [2.45, 2.75) is 24.5 Å². The van der Waals surface area contributed by atoms with Gasteiger partial charge in [0.05, 0.1) is 10.5 Å². The molecule has 1 N–H and O–H groups in total. The Hall–Kier alpha value is -2.22. The van der Waals surface area contributed by atoms with E-state index >= 15 is 0 Å². The van der Waals surface area contributed by atoms with Crippen LogP contribution in [0.5, 0.6) is 0 Å². The predicted octanol–water partition coefficient (Wildman–Crippen LogP) is 1.36. The number of aromatic nitrogens is 2. The highest BCUT2D eigenvalue weighted by Gasteiger charge is 2.21. The lowest BCUT2D eigenvalue weighted by Crippen LogP contribution is -2.09. The molecule has 8 heteroatoms. The topological polar surface area (TPSA) is 110 Å². The van der Waals surface area contributed by atoms with Crippen molar-refractivity contribution in [1.29, 1.82) is 0 Å². The van der Waals surface area contributed by atoms with E-state index in [1.54, 1.807) is 13.8 Å². The normalized spacial score (nSPS) is 11.5. The second kappa shape index (κ2) is 5.04. The molecule has 106 valence electrons. The van der Waals surface area contributed by atoms with E-state index < -0.39 is 15.8 Å².